The molecule has 1 fully saturated rings. The molecule has 0 aliphatic carbocycles. The number of thiol groups is 1. The second-order valence-corrected chi connectivity index (χ2v) is 5.46. The van der Waals surface area contributed by atoms with E-state index in [0.717, 1.165) is 25.9 Å². The molecule has 0 aromatic carbocycles. The lowest BCUT2D eigenvalue weighted by atomic mass is 10.1. The molecule has 5 heteroatoms. The quantitative estimate of drug-likeness (QED) is 0.678. The van der Waals surface area contributed by atoms with Crippen molar-refractivity contribution in [1.29, 1.82) is 0 Å². The van der Waals surface area contributed by atoms with E-state index in [-0.39, 0.29) is 12.1 Å². The summed E-state index contributed by atoms with van der Waals surface area (Å²) in [6.07, 6.45) is 1.72. The normalized spacial score (nSPS) is 23.6. The van der Waals surface area contributed by atoms with Gasteiger partial charge in [0.25, 0.3) is 0 Å². The van der Waals surface area contributed by atoms with E-state index in [1.54, 1.807) is 0 Å². The van der Waals surface area contributed by atoms with Gasteiger partial charge >= 0.3 is 6.09 Å². The van der Waals surface area contributed by atoms with Gasteiger partial charge in [0.1, 0.15) is 5.60 Å². The molecule has 4 nitrogen and oxygen atoms in total. The SMILES string of the molecule is CC(C)(C)OC(=O)NC1CCCN(S)C1. The fourth-order valence-corrected chi connectivity index (χ4v) is 1.89. The molecule has 0 spiro atoms. The molecule has 1 unspecified atom stereocenters. The third kappa shape index (κ3) is 5.28. The van der Waals surface area contributed by atoms with E-state index in [9.17, 15) is 4.79 Å². The van der Waals surface area contributed by atoms with Crippen LogP contribution >= 0.6 is 12.8 Å². The van der Waals surface area contributed by atoms with Gasteiger partial charge in [0.05, 0.1) is 0 Å². The van der Waals surface area contributed by atoms with E-state index in [2.05, 4.69) is 18.1 Å². The number of ether oxygens (including phenoxy) is 1. The van der Waals surface area contributed by atoms with Gasteiger partial charge in [-0.25, -0.2) is 4.79 Å². The minimum atomic E-state index is -0.431. The van der Waals surface area contributed by atoms with Gasteiger partial charge in [-0.15, -0.1) is 0 Å². The molecule has 1 amide bonds. The van der Waals surface area contributed by atoms with Gasteiger partial charge in [-0.3, -0.25) is 4.31 Å². The molecule has 1 atom stereocenters. The van der Waals surface area contributed by atoms with Crippen LogP contribution in [-0.4, -0.2) is 35.1 Å². The van der Waals surface area contributed by atoms with Gasteiger partial charge in [-0.05, 0) is 33.6 Å². The topological polar surface area (TPSA) is 41.6 Å². The molecule has 1 N–H and O–H groups in total. The van der Waals surface area contributed by atoms with Crippen LogP contribution in [0.2, 0.25) is 0 Å². The van der Waals surface area contributed by atoms with Crippen LogP contribution in [0.5, 0.6) is 0 Å². The fourth-order valence-electron chi connectivity index (χ4n) is 1.55. The largest absolute Gasteiger partial charge is 0.444 e. The Morgan fingerprint density at radius 1 is 1.53 bits per heavy atom. The first kappa shape index (κ1) is 12.6. The average molecular weight is 232 g/mol. The molecule has 1 saturated heterocycles. The maximum absolute atomic E-state index is 11.5. The first-order valence-corrected chi connectivity index (χ1v) is 5.70. The number of rotatable bonds is 1. The zero-order valence-electron chi connectivity index (χ0n) is 9.62. The van der Waals surface area contributed by atoms with Gasteiger partial charge in [0.15, 0.2) is 0 Å². The van der Waals surface area contributed by atoms with E-state index in [0.29, 0.717) is 0 Å². The molecule has 0 aromatic rings. The molecular formula is C10H20N2O2S. The summed E-state index contributed by atoms with van der Waals surface area (Å²) < 4.78 is 7.10. The second-order valence-electron chi connectivity index (χ2n) is 4.90. The van der Waals surface area contributed by atoms with Crippen molar-refractivity contribution in [1.82, 2.24) is 9.62 Å². The third-order valence-electron chi connectivity index (χ3n) is 2.12. The second kappa shape index (κ2) is 5.07. The Kier molecular flexibility index (Phi) is 4.28. The summed E-state index contributed by atoms with van der Waals surface area (Å²) in [5.74, 6) is 0. The predicted molar refractivity (Wildman–Crippen MR) is 63.0 cm³/mol. The van der Waals surface area contributed by atoms with Crippen molar-refractivity contribution in [3.05, 3.63) is 0 Å². The van der Waals surface area contributed by atoms with Crippen LogP contribution < -0.4 is 5.32 Å². The summed E-state index contributed by atoms with van der Waals surface area (Å²) in [5.41, 5.74) is -0.431. The van der Waals surface area contributed by atoms with Crippen molar-refractivity contribution in [2.75, 3.05) is 13.1 Å². The lowest BCUT2D eigenvalue weighted by molar-refractivity contribution is 0.0489. The highest BCUT2D eigenvalue weighted by atomic mass is 32.1. The van der Waals surface area contributed by atoms with Gasteiger partial charge in [-0.1, -0.05) is 12.8 Å². The fraction of sp³-hybridized carbons (Fsp3) is 0.900. The first-order valence-electron chi connectivity index (χ1n) is 5.30. The summed E-state index contributed by atoms with van der Waals surface area (Å²) in [4.78, 5) is 11.5. The number of hydrogen-bond acceptors (Lipinski definition) is 4. The van der Waals surface area contributed by atoms with Crippen molar-refractivity contribution in [2.24, 2.45) is 0 Å². The van der Waals surface area contributed by atoms with Crippen LogP contribution in [0.25, 0.3) is 0 Å². The van der Waals surface area contributed by atoms with Crippen molar-refractivity contribution >= 4 is 18.9 Å². The Hall–Kier alpha value is -0.420. The Balaban J connectivity index is 2.31. The number of carbonyl (C=O) groups excluding carboxylic acids is 1. The summed E-state index contributed by atoms with van der Waals surface area (Å²) in [6, 6.07) is 0.158. The summed E-state index contributed by atoms with van der Waals surface area (Å²) in [7, 11) is 0. The van der Waals surface area contributed by atoms with Crippen molar-refractivity contribution in [3.8, 4) is 0 Å². The minimum Gasteiger partial charge on any atom is -0.444 e. The smallest absolute Gasteiger partial charge is 0.407 e. The maximum Gasteiger partial charge on any atom is 0.407 e. The van der Waals surface area contributed by atoms with E-state index in [4.69, 9.17) is 4.74 Å². The molecule has 1 heterocycles. The predicted octanol–water partition coefficient (Wildman–Crippen LogP) is 1.82. The summed E-state index contributed by atoms with van der Waals surface area (Å²) in [6.45, 7) is 7.34. The number of alkyl carbamates (subject to hydrolysis) is 1. The number of amides is 1. The van der Waals surface area contributed by atoms with E-state index >= 15 is 0 Å². The monoisotopic (exact) mass is 232 g/mol. The molecule has 0 bridgehead atoms. The maximum atomic E-state index is 11.5. The molecule has 1 rings (SSSR count). The number of carbonyl (C=O) groups is 1. The highest BCUT2D eigenvalue weighted by Gasteiger charge is 2.22. The Labute approximate surface area is 96.9 Å². The number of hydrogen-bond donors (Lipinski definition) is 2. The van der Waals surface area contributed by atoms with E-state index < -0.39 is 5.60 Å². The Bertz CT molecular complexity index is 228. The third-order valence-corrected chi connectivity index (χ3v) is 2.48. The van der Waals surface area contributed by atoms with Gasteiger partial charge < -0.3 is 10.1 Å². The van der Waals surface area contributed by atoms with Gasteiger partial charge in [-0.2, -0.15) is 0 Å². The highest BCUT2D eigenvalue weighted by molar-refractivity contribution is 7.77. The number of piperidine rings is 1. The number of nitrogens with zero attached hydrogens (tertiary/aromatic N) is 1. The molecule has 0 saturated carbocycles. The van der Waals surface area contributed by atoms with Crippen molar-refractivity contribution in [2.45, 2.75) is 45.3 Å². The molecule has 1 aliphatic heterocycles. The molecule has 88 valence electrons. The first-order chi connectivity index (χ1) is 6.87. The van der Waals surface area contributed by atoms with Gasteiger partial charge in [0.2, 0.25) is 0 Å². The Morgan fingerprint density at radius 3 is 2.73 bits per heavy atom. The van der Waals surface area contributed by atoms with Crippen LogP contribution in [0.4, 0.5) is 4.79 Å². The molecule has 0 aromatic heterocycles. The standard InChI is InChI=1S/C10H20N2O2S/c1-10(2,3)14-9(13)11-8-5-4-6-12(15)7-8/h8,15H,4-7H2,1-3H3,(H,11,13). The average Bonchev–Trinajstić information content (AvgIpc) is 1.99. The van der Waals surface area contributed by atoms with Crippen LogP contribution in [0.1, 0.15) is 33.6 Å². The van der Waals surface area contributed by atoms with E-state index in [1.807, 2.05) is 25.1 Å². The molecule has 15 heavy (non-hydrogen) atoms. The molecular weight excluding hydrogens is 212 g/mol. The molecule has 0 radical (unpaired) electrons. The van der Waals surface area contributed by atoms with Crippen molar-refractivity contribution < 1.29 is 9.53 Å². The lowest BCUT2D eigenvalue weighted by Gasteiger charge is -2.30. The summed E-state index contributed by atoms with van der Waals surface area (Å²) in [5, 5.41) is 2.85. The Morgan fingerprint density at radius 2 is 2.20 bits per heavy atom. The zero-order valence-corrected chi connectivity index (χ0v) is 10.5. The number of nitrogens with one attached hydrogen (secondary N) is 1. The van der Waals surface area contributed by atoms with Crippen LogP contribution in [0, 0.1) is 0 Å². The van der Waals surface area contributed by atoms with Crippen molar-refractivity contribution in [3.63, 3.8) is 0 Å². The van der Waals surface area contributed by atoms with E-state index in [1.165, 1.54) is 0 Å². The van der Waals surface area contributed by atoms with Crippen LogP contribution in [0.15, 0.2) is 0 Å². The lowest BCUT2D eigenvalue weighted by Crippen LogP contribution is -2.46. The van der Waals surface area contributed by atoms with Crippen LogP contribution in [0.3, 0.4) is 0 Å². The van der Waals surface area contributed by atoms with Gasteiger partial charge in [0, 0.05) is 19.1 Å². The zero-order chi connectivity index (χ0) is 11.5. The van der Waals surface area contributed by atoms with Crippen LogP contribution in [-0.2, 0) is 4.74 Å². The highest BCUT2D eigenvalue weighted by Crippen LogP contribution is 2.12. The minimum absolute atomic E-state index is 0.158. The summed E-state index contributed by atoms with van der Waals surface area (Å²) >= 11 is 4.27. The molecule has 1 aliphatic rings.